The van der Waals surface area contributed by atoms with Crippen molar-refractivity contribution < 1.29 is 13.2 Å². The minimum Gasteiger partial charge on any atom is -0.330 e. The summed E-state index contributed by atoms with van der Waals surface area (Å²) in [7, 11) is 0. The third kappa shape index (κ3) is 2.59. The first kappa shape index (κ1) is 10.8. The molecule has 0 saturated heterocycles. The minimum atomic E-state index is -4.52. The number of hydrogen-bond acceptors (Lipinski definition) is 2. The van der Waals surface area contributed by atoms with Crippen LogP contribution in [0.3, 0.4) is 0 Å². The molecule has 0 radical (unpaired) electrons. The second-order valence-electron chi connectivity index (χ2n) is 2.80. The topological polar surface area (TPSA) is 58.9 Å². The van der Waals surface area contributed by atoms with Gasteiger partial charge in [-0.2, -0.15) is 13.2 Å². The molecule has 1 heterocycles. The highest BCUT2D eigenvalue weighted by Gasteiger charge is 2.31. The number of hydrogen-bond donors (Lipinski definition) is 2. The fourth-order valence-electron chi connectivity index (χ4n) is 1.06. The molecule has 0 saturated carbocycles. The molecule has 78 valence electrons. The van der Waals surface area contributed by atoms with E-state index >= 15 is 0 Å². The zero-order valence-corrected chi connectivity index (χ0v) is 7.19. The van der Waals surface area contributed by atoms with Gasteiger partial charge in [-0.15, -0.1) is 0 Å². The van der Waals surface area contributed by atoms with Crippen LogP contribution in [0.15, 0.2) is 16.9 Å². The number of nitrogens with two attached hydrogens (primary N) is 1. The average molecular weight is 206 g/mol. The van der Waals surface area contributed by atoms with E-state index in [1.807, 2.05) is 0 Å². The Balaban J connectivity index is 3.14. The summed E-state index contributed by atoms with van der Waals surface area (Å²) < 4.78 is 36.6. The Labute approximate surface area is 77.7 Å². The summed E-state index contributed by atoms with van der Waals surface area (Å²) in [6.45, 7) is 0.209. The van der Waals surface area contributed by atoms with E-state index in [4.69, 9.17) is 5.73 Å². The summed E-state index contributed by atoms with van der Waals surface area (Å²) in [6, 6.07) is 2.01. The lowest BCUT2D eigenvalue weighted by Gasteiger charge is -2.07. The number of nitrogens with one attached hydrogen (secondary N) is 1. The van der Waals surface area contributed by atoms with Crippen molar-refractivity contribution >= 4 is 0 Å². The zero-order valence-electron chi connectivity index (χ0n) is 7.19. The Morgan fingerprint density at radius 2 is 2.00 bits per heavy atom. The first-order valence-corrected chi connectivity index (χ1v) is 3.94. The lowest BCUT2D eigenvalue weighted by atomic mass is 10.1. The van der Waals surface area contributed by atoms with E-state index in [-0.39, 0.29) is 13.0 Å². The van der Waals surface area contributed by atoms with Gasteiger partial charge in [-0.05, 0) is 24.6 Å². The lowest BCUT2D eigenvalue weighted by molar-refractivity contribution is -0.141. The van der Waals surface area contributed by atoms with E-state index < -0.39 is 17.4 Å². The number of rotatable bonds is 2. The van der Waals surface area contributed by atoms with Crippen LogP contribution in [0, 0.1) is 0 Å². The third-order valence-corrected chi connectivity index (χ3v) is 1.64. The summed E-state index contributed by atoms with van der Waals surface area (Å²) in [5, 5.41) is 0. The second-order valence-corrected chi connectivity index (χ2v) is 2.80. The number of H-pyrrole nitrogens is 1. The van der Waals surface area contributed by atoms with Crippen molar-refractivity contribution in [1.82, 2.24) is 4.98 Å². The summed E-state index contributed by atoms with van der Waals surface area (Å²) in [4.78, 5) is 12.6. The van der Waals surface area contributed by atoms with E-state index in [1.54, 1.807) is 4.98 Å². The summed E-state index contributed by atoms with van der Waals surface area (Å²) in [5.74, 6) is 0. The van der Waals surface area contributed by atoms with Gasteiger partial charge in [-0.25, -0.2) is 0 Å². The van der Waals surface area contributed by atoms with Crippen LogP contribution < -0.4 is 11.3 Å². The number of pyridine rings is 1. The molecule has 3 N–H and O–H groups in total. The zero-order chi connectivity index (χ0) is 10.8. The molecule has 0 aromatic carbocycles. The highest BCUT2D eigenvalue weighted by Crippen LogP contribution is 2.26. The molecule has 1 rings (SSSR count). The van der Waals surface area contributed by atoms with Crippen molar-refractivity contribution in [3.05, 3.63) is 33.7 Å². The van der Waals surface area contributed by atoms with Crippen LogP contribution in [0.5, 0.6) is 0 Å². The van der Waals surface area contributed by atoms with Crippen molar-refractivity contribution in [1.29, 1.82) is 0 Å². The van der Waals surface area contributed by atoms with Gasteiger partial charge in [0.2, 0.25) is 5.56 Å². The van der Waals surface area contributed by atoms with Crippen LogP contribution in [0.2, 0.25) is 0 Å². The number of alkyl halides is 3. The minimum absolute atomic E-state index is 0.209. The molecule has 14 heavy (non-hydrogen) atoms. The fourth-order valence-corrected chi connectivity index (χ4v) is 1.06. The van der Waals surface area contributed by atoms with Gasteiger partial charge in [-0.3, -0.25) is 4.79 Å². The molecule has 0 fully saturated rings. The van der Waals surface area contributed by atoms with Crippen LogP contribution in [0.1, 0.15) is 11.3 Å². The van der Waals surface area contributed by atoms with Crippen LogP contribution >= 0.6 is 0 Å². The molecule has 0 unspecified atom stereocenters. The molecule has 0 aliphatic heterocycles. The highest BCUT2D eigenvalue weighted by atomic mass is 19.4. The molecule has 6 heteroatoms. The molecule has 0 spiro atoms. The number of halogens is 3. The Morgan fingerprint density at radius 1 is 1.36 bits per heavy atom. The Hall–Kier alpha value is -1.30. The number of aromatic amines is 1. The van der Waals surface area contributed by atoms with Crippen molar-refractivity contribution in [2.75, 3.05) is 6.54 Å². The lowest BCUT2D eigenvalue weighted by Crippen LogP contribution is -2.17. The van der Waals surface area contributed by atoms with Gasteiger partial charge in [-0.1, -0.05) is 0 Å². The quantitative estimate of drug-likeness (QED) is 0.755. The molecular formula is C8H9F3N2O. The molecule has 0 aliphatic rings. The normalized spacial score (nSPS) is 11.7. The van der Waals surface area contributed by atoms with Gasteiger partial charge in [0.05, 0.1) is 0 Å². The predicted octanol–water partition coefficient (Wildman–Crippen LogP) is 0.895. The van der Waals surface area contributed by atoms with Gasteiger partial charge in [0, 0.05) is 6.07 Å². The molecule has 0 bridgehead atoms. The predicted molar refractivity (Wildman–Crippen MR) is 44.8 cm³/mol. The molecule has 1 aromatic rings. The summed E-state index contributed by atoms with van der Waals surface area (Å²) >= 11 is 0. The maximum absolute atomic E-state index is 12.2. The van der Waals surface area contributed by atoms with Crippen LogP contribution in [0.25, 0.3) is 0 Å². The third-order valence-electron chi connectivity index (χ3n) is 1.64. The van der Waals surface area contributed by atoms with E-state index in [2.05, 4.69) is 0 Å². The number of aromatic nitrogens is 1. The molecule has 3 nitrogen and oxygen atoms in total. The Bertz CT molecular complexity index is 370. The molecule has 0 atom stereocenters. The SMILES string of the molecule is NCCc1cc(C(F)(F)F)[nH]c(=O)c1. The maximum Gasteiger partial charge on any atom is 0.431 e. The van der Waals surface area contributed by atoms with Gasteiger partial charge in [0.25, 0.3) is 0 Å². The smallest absolute Gasteiger partial charge is 0.330 e. The first-order valence-electron chi connectivity index (χ1n) is 3.94. The largest absolute Gasteiger partial charge is 0.431 e. The summed E-state index contributed by atoms with van der Waals surface area (Å²) in [5.41, 5.74) is 3.68. The second kappa shape index (κ2) is 3.83. The van der Waals surface area contributed by atoms with Crippen molar-refractivity contribution in [2.24, 2.45) is 5.73 Å². The Kier molecular flexibility index (Phi) is 2.95. The van der Waals surface area contributed by atoms with E-state index in [0.29, 0.717) is 5.56 Å². The van der Waals surface area contributed by atoms with E-state index in [1.165, 1.54) is 0 Å². The van der Waals surface area contributed by atoms with Gasteiger partial charge < -0.3 is 10.7 Å². The van der Waals surface area contributed by atoms with Crippen molar-refractivity contribution in [3.8, 4) is 0 Å². The van der Waals surface area contributed by atoms with Crippen molar-refractivity contribution in [3.63, 3.8) is 0 Å². The molecular weight excluding hydrogens is 197 g/mol. The molecule has 0 aliphatic carbocycles. The van der Waals surface area contributed by atoms with Crippen LogP contribution in [-0.2, 0) is 12.6 Å². The van der Waals surface area contributed by atoms with Gasteiger partial charge in [0.1, 0.15) is 5.69 Å². The Morgan fingerprint density at radius 3 is 2.50 bits per heavy atom. The van der Waals surface area contributed by atoms with Crippen LogP contribution in [0.4, 0.5) is 13.2 Å². The molecule has 0 amide bonds. The first-order chi connectivity index (χ1) is 6.43. The standard InChI is InChI=1S/C8H9F3N2O/c9-8(10,11)6-3-5(1-2-12)4-7(14)13-6/h3-4H,1-2,12H2,(H,13,14). The molecule has 1 aromatic heterocycles. The van der Waals surface area contributed by atoms with Gasteiger partial charge in [0.15, 0.2) is 0 Å². The van der Waals surface area contributed by atoms with E-state index in [0.717, 1.165) is 12.1 Å². The van der Waals surface area contributed by atoms with E-state index in [9.17, 15) is 18.0 Å². The highest BCUT2D eigenvalue weighted by molar-refractivity contribution is 5.18. The summed E-state index contributed by atoms with van der Waals surface area (Å²) in [6.07, 6.45) is -4.27. The van der Waals surface area contributed by atoms with Crippen molar-refractivity contribution in [2.45, 2.75) is 12.6 Å². The average Bonchev–Trinajstić information content (AvgIpc) is 2.02. The fraction of sp³-hybridized carbons (Fsp3) is 0.375. The maximum atomic E-state index is 12.2. The monoisotopic (exact) mass is 206 g/mol. The van der Waals surface area contributed by atoms with Gasteiger partial charge >= 0.3 is 6.18 Å². The van der Waals surface area contributed by atoms with Crippen LogP contribution in [-0.4, -0.2) is 11.5 Å².